The van der Waals surface area contributed by atoms with Crippen molar-refractivity contribution in [2.45, 2.75) is 25.4 Å². The van der Waals surface area contributed by atoms with Gasteiger partial charge in [-0.3, -0.25) is 0 Å². The number of hydrogen-bond donors (Lipinski definition) is 1. The van der Waals surface area contributed by atoms with Crippen LogP contribution in [0.2, 0.25) is 0 Å². The van der Waals surface area contributed by atoms with E-state index in [9.17, 15) is 13.2 Å². The van der Waals surface area contributed by atoms with E-state index >= 15 is 0 Å². The fraction of sp³-hybridized carbons (Fsp3) is 1.00. The van der Waals surface area contributed by atoms with Gasteiger partial charge < -0.3 is 15.2 Å². The van der Waals surface area contributed by atoms with Gasteiger partial charge in [-0.05, 0) is 31.2 Å². The Balaban J connectivity index is 2.23. The van der Waals surface area contributed by atoms with E-state index in [4.69, 9.17) is 10.5 Å². The molecule has 2 N–H and O–H groups in total. The molecule has 0 aromatic rings. The van der Waals surface area contributed by atoms with Crippen LogP contribution in [0.25, 0.3) is 0 Å². The van der Waals surface area contributed by atoms with E-state index in [1.165, 1.54) is 0 Å². The first-order valence-corrected chi connectivity index (χ1v) is 5.40. The molecule has 1 saturated heterocycles. The molecule has 1 fully saturated rings. The number of ether oxygens (including phenoxy) is 2. The predicted octanol–water partition coefficient (Wildman–Crippen LogP) is 1.71. The second-order valence-electron chi connectivity index (χ2n) is 4.23. The molecule has 3 nitrogen and oxygen atoms in total. The molecule has 6 heteroatoms. The molecule has 0 saturated carbocycles. The van der Waals surface area contributed by atoms with Gasteiger partial charge in [-0.1, -0.05) is 0 Å². The lowest BCUT2D eigenvalue weighted by atomic mass is 9.78. The molecule has 1 aliphatic heterocycles. The van der Waals surface area contributed by atoms with Gasteiger partial charge >= 0.3 is 6.18 Å². The predicted molar refractivity (Wildman–Crippen MR) is 53.0 cm³/mol. The zero-order valence-electron chi connectivity index (χ0n) is 9.18. The molecule has 0 radical (unpaired) electrons. The van der Waals surface area contributed by atoms with Crippen molar-refractivity contribution in [3.05, 3.63) is 0 Å². The third kappa shape index (κ3) is 4.67. The van der Waals surface area contributed by atoms with Gasteiger partial charge in [-0.2, -0.15) is 13.2 Å². The Hall–Kier alpha value is -0.330. The Morgan fingerprint density at radius 1 is 1.25 bits per heavy atom. The summed E-state index contributed by atoms with van der Waals surface area (Å²) in [7, 11) is 0. The minimum atomic E-state index is -4.24. The molecule has 0 bridgehead atoms. The van der Waals surface area contributed by atoms with Crippen LogP contribution in [0, 0.1) is 5.41 Å². The molecular weight excluding hydrogens is 223 g/mol. The van der Waals surface area contributed by atoms with Crippen molar-refractivity contribution in [1.29, 1.82) is 0 Å². The average molecular weight is 241 g/mol. The molecule has 1 aliphatic rings. The Bertz CT molecular complexity index is 203. The van der Waals surface area contributed by atoms with Crippen LogP contribution >= 0.6 is 0 Å². The lowest BCUT2D eigenvalue weighted by Crippen LogP contribution is -2.37. The quantitative estimate of drug-likeness (QED) is 0.745. The van der Waals surface area contributed by atoms with E-state index in [1.807, 2.05) is 0 Å². The van der Waals surface area contributed by atoms with Gasteiger partial charge in [0.05, 0.1) is 0 Å². The monoisotopic (exact) mass is 241 g/mol. The van der Waals surface area contributed by atoms with Crippen LogP contribution in [-0.4, -0.2) is 39.1 Å². The molecule has 0 amide bonds. The normalized spacial score (nSPS) is 21.0. The Labute approximate surface area is 93.1 Å². The molecule has 0 spiro atoms. The van der Waals surface area contributed by atoms with E-state index in [0.29, 0.717) is 26.2 Å². The van der Waals surface area contributed by atoms with Gasteiger partial charge in [0.25, 0.3) is 0 Å². The van der Waals surface area contributed by atoms with E-state index in [2.05, 4.69) is 4.74 Å². The summed E-state index contributed by atoms with van der Waals surface area (Å²) in [5, 5.41) is 0. The molecule has 0 aromatic heterocycles. The maximum atomic E-state index is 11.8. The Morgan fingerprint density at radius 3 is 2.38 bits per heavy atom. The zero-order chi connectivity index (χ0) is 12.1. The van der Waals surface area contributed by atoms with Crippen molar-refractivity contribution in [2.24, 2.45) is 11.1 Å². The van der Waals surface area contributed by atoms with Gasteiger partial charge in [-0.25, -0.2) is 0 Å². The molecule has 0 atom stereocenters. The fourth-order valence-corrected chi connectivity index (χ4v) is 1.84. The van der Waals surface area contributed by atoms with Crippen molar-refractivity contribution in [3.8, 4) is 0 Å². The Morgan fingerprint density at radius 2 is 1.88 bits per heavy atom. The summed E-state index contributed by atoms with van der Waals surface area (Å²) in [4.78, 5) is 0. The number of rotatable bonds is 5. The highest BCUT2D eigenvalue weighted by Gasteiger charge is 2.32. The van der Waals surface area contributed by atoms with Crippen molar-refractivity contribution in [2.75, 3.05) is 33.0 Å². The standard InChI is InChI=1S/C10H18F3NO2/c11-10(12,13)8-16-6-3-9(7-14)1-4-15-5-2-9/h1-8,14H2. The minimum absolute atomic E-state index is 0.0934. The largest absolute Gasteiger partial charge is 0.411 e. The van der Waals surface area contributed by atoms with Gasteiger partial charge in [-0.15, -0.1) is 0 Å². The summed E-state index contributed by atoms with van der Waals surface area (Å²) in [6, 6.07) is 0. The van der Waals surface area contributed by atoms with Crippen molar-refractivity contribution >= 4 is 0 Å². The van der Waals surface area contributed by atoms with Crippen LogP contribution in [0.4, 0.5) is 13.2 Å². The topological polar surface area (TPSA) is 44.5 Å². The molecule has 0 aromatic carbocycles. The Kier molecular flexibility index (Phi) is 5.01. The van der Waals surface area contributed by atoms with Gasteiger partial charge in [0.15, 0.2) is 0 Å². The highest BCUT2D eigenvalue weighted by atomic mass is 19.4. The van der Waals surface area contributed by atoms with E-state index in [1.54, 1.807) is 0 Å². The summed E-state index contributed by atoms with van der Waals surface area (Å²) in [6.45, 7) is 0.680. The van der Waals surface area contributed by atoms with Gasteiger partial charge in [0.2, 0.25) is 0 Å². The SMILES string of the molecule is NCC1(CCOCC(F)(F)F)CCOCC1. The molecule has 1 rings (SSSR count). The molecule has 0 unspecified atom stereocenters. The third-order valence-electron chi connectivity index (χ3n) is 3.03. The summed E-state index contributed by atoms with van der Waals surface area (Å²) < 4.78 is 45.3. The first kappa shape index (κ1) is 13.7. The highest BCUT2D eigenvalue weighted by molar-refractivity contribution is 4.82. The number of halogens is 3. The summed E-state index contributed by atoms with van der Waals surface area (Å²) in [5.41, 5.74) is 5.58. The summed E-state index contributed by atoms with van der Waals surface area (Å²) in [6.07, 6.45) is -2.06. The van der Waals surface area contributed by atoms with Crippen molar-refractivity contribution in [3.63, 3.8) is 0 Å². The first-order valence-electron chi connectivity index (χ1n) is 5.40. The summed E-state index contributed by atoms with van der Waals surface area (Å²) in [5.74, 6) is 0. The maximum absolute atomic E-state index is 11.8. The van der Waals surface area contributed by atoms with Crippen LogP contribution in [0.5, 0.6) is 0 Å². The lowest BCUT2D eigenvalue weighted by Gasteiger charge is -2.36. The second-order valence-corrected chi connectivity index (χ2v) is 4.23. The molecule has 16 heavy (non-hydrogen) atoms. The fourth-order valence-electron chi connectivity index (χ4n) is 1.84. The highest BCUT2D eigenvalue weighted by Crippen LogP contribution is 2.33. The first-order chi connectivity index (χ1) is 7.47. The van der Waals surface area contributed by atoms with Crippen molar-refractivity contribution < 1.29 is 22.6 Å². The van der Waals surface area contributed by atoms with Crippen LogP contribution in [-0.2, 0) is 9.47 Å². The number of nitrogens with two attached hydrogens (primary N) is 1. The third-order valence-corrected chi connectivity index (χ3v) is 3.03. The summed E-state index contributed by atoms with van der Waals surface area (Å²) >= 11 is 0. The van der Waals surface area contributed by atoms with Crippen molar-refractivity contribution in [1.82, 2.24) is 0 Å². The minimum Gasteiger partial charge on any atom is -0.381 e. The second kappa shape index (κ2) is 5.84. The maximum Gasteiger partial charge on any atom is 0.411 e. The molecular formula is C10H18F3NO2. The van der Waals surface area contributed by atoms with Crippen LogP contribution < -0.4 is 5.73 Å². The zero-order valence-corrected chi connectivity index (χ0v) is 9.18. The van der Waals surface area contributed by atoms with Crippen LogP contribution in [0.1, 0.15) is 19.3 Å². The number of alkyl halides is 3. The van der Waals surface area contributed by atoms with Crippen LogP contribution in [0.15, 0.2) is 0 Å². The van der Waals surface area contributed by atoms with E-state index < -0.39 is 12.8 Å². The smallest absolute Gasteiger partial charge is 0.381 e. The molecule has 0 aliphatic carbocycles. The molecule has 1 heterocycles. The van der Waals surface area contributed by atoms with Gasteiger partial charge in [0, 0.05) is 19.8 Å². The van der Waals surface area contributed by atoms with E-state index in [0.717, 1.165) is 12.8 Å². The van der Waals surface area contributed by atoms with E-state index in [-0.39, 0.29) is 12.0 Å². The molecule has 96 valence electrons. The average Bonchev–Trinajstić information content (AvgIpc) is 2.25. The number of hydrogen-bond acceptors (Lipinski definition) is 3. The van der Waals surface area contributed by atoms with Gasteiger partial charge in [0.1, 0.15) is 6.61 Å². The lowest BCUT2D eigenvalue weighted by molar-refractivity contribution is -0.176. The van der Waals surface area contributed by atoms with Crippen LogP contribution in [0.3, 0.4) is 0 Å².